The fourth-order valence-corrected chi connectivity index (χ4v) is 5.50. The fraction of sp³-hybridized carbons (Fsp3) is 0.143. The van der Waals surface area contributed by atoms with Gasteiger partial charge in [0.1, 0.15) is 23.0 Å². The Kier molecular flexibility index (Phi) is 6.45. The molecule has 0 aliphatic carbocycles. The molecule has 0 unspecified atom stereocenters. The molecule has 0 radical (unpaired) electrons. The Balaban J connectivity index is 1.66. The molecule has 0 fully saturated rings. The molecular formula is C28H28N2O4S. The highest BCUT2D eigenvalue weighted by Crippen LogP contribution is 2.36. The van der Waals surface area contributed by atoms with Gasteiger partial charge < -0.3 is 20.9 Å². The van der Waals surface area contributed by atoms with Crippen LogP contribution in [0.5, 0.6) is 23.0 Å². The van der Waals surface area contributed by atoms with Crippen LogP contribution in [-0.4, -0.2) is 8.42 Å². The molecule has 0 aliphatic rings. The predicted octanol–water partition coefficient (Wildman–Crippen LogP) is 6.50. The second-order valence-electron chi connectivity index (χ2n) is 8.62. The molecule has 35 heavy (non-hydrogen) atoms. The maximum atomic E-state index is 13.5. The molecule has 180 valence electrons. The quantitative estimate of drug-likeness (QED) is 0.300. The van der Waals surface area contributed by atoms with E-state index < -0.39 is 9.84 Å². The van der Waals surface area contributed by atoms with Gasteiger partial charge in [-0.15, -0.1) is 0 Å². The Bertz CT molecular complexity index is 1340. The molecule has 0 spiro atoms. The molecule has 0 aromatic heterocycles. The molecule has 4 aromatic carbocycles. The highest BCUT2D eigenvalue weighted by molar-refractivity contribution is 7.91. The van der Waals surface area contributed by atoms with Crippen LogP contribution in [0.1, 0.15) is 22.3 Å². The molecule has 4 aromatic rings. The Hall–Kier alpha value is -3.97. The Morgan fingerprint density at radius 3 is 1.11 bits per heavy atom. The third-order valence-corrected chi connectivity index (χ3v) is 7.40. The first-order valence-electron chi connectivity index (χ1n) is 11.1. The SMILES string of the molecule is Cc1cc(S(=O)(=O)c2cc(C)c(Oc3ccc(N)cc3)c(C)c2)cc(C)c1Oc1ccc(N)cc1. The lowest BCUT2D eigenvalue weighted by molar-refractivity contribution is 0.474. The van der Waals surface area contributed by atoms with E-state index in [1.54, 1.807) is 72.8 Å². The van der Waals surface area contributed by atoms with Gasteiger partial charge in [0.15, 0.2) is 0 Å². The first-order valence-corrected chi connectivity index (χ1v) is 12.6. The van der Waals surface area contributed by atoms with Gasteiger partial charge in [-0.05, 0) is 123 Å². The van der Waals surface area contributed by atoms with Gasteiger partial charge in [-0.2, -0.15) is 0 Å². The van der Waals surface area contributed by atoms with Gasteiger partial charge in [-0.3, -0.25) is 0 Å². The summed E-state index contributed by atoms with van der Waals surface area (Å²) in [6.07, 6.45) is 0. The van der Waals surface area contributed by atoms with Crippen LogP contribution in [-0.2, 0) is 9.84 Å². The lowest BCUT2D eigenvalue weighted by Gasteiger charge is -2.16. The van der Waals surface area contributed by atoms with Crippen LogP contribution in [0.2, 0.25) is 0 Å². The largest absolute Gasteiger partial charge is 0.457 e. The average molecular weight is 489 g/mol. The number of ether oxygens (including phenoxy) is 2. The first kappa shape index (κ1) is 24.2. The third-order valence-electron chi connectivity index (χ3n) is 5.69. The summed E-state index contributed by atoms with van der Waals surface area (Å²) in [5, 5.41) is 0. The summed E-state index contributed by atoms with van der Waals surface area (Å²) >= 11 is 0. The van der Waals surface area contributed by atoms with E-state index >= 15 is 0 Å². The second-order valence-corrected chi connectivity index (χ2v) is 10.6. The van der Waals surface area contributed by atoms with E-state index in [9.17, 15) is 8.42 Å². The van der Waals surface area contributed by atoms with Crippen molar-refractivity contribution < 1.29 is 17.9 Å². The van der Waals surface area contributed by atoms with E-state index in [-0.39, 0.29) is 9.79 Å². The van der Waals surface area contributed by atoms with Crippen LogP contribution >= 0.6 is 0 Å². The number of rotatable bonds is 6. The van der Waals surface area contributed by atoms with Crippen LogP contribution in [0.25, 0.3) is 0 Å². The van der Waals surface area contributed by atoms with Crippen molar-refractivity contribution in [3.05, 3.63) is 95.1 Å². The number of anilines is 2. The number of aryl methyl sites for hydroxylation is 4. The van der Waals surface area contributed by atoms with Gasteiger partial charge in [0.25, 0.3) is 0 Å². The highest BCUT2D eigenvalue weighted by atomic mass is 32.2. The lowest BCUT2D eigenvalue weighted by atomic mass is 10.1. The van der Waals surface area contributed by atoms with Crippen molar-refractivity contribution in [2.45, 2.75) is 37.5 Å². The van der Waals surface area contributed by atoms with Gasteiger partial charge in [0.2, 0.25) is 9.84 Å². The molecule has 0 atom stereocenters. The zero-order chi connectivity index (χ0) is 25.3. The molecule has 0 bridgehead atoms. The van der Waals surface area contributed by atoms with Crippen molar-refractivity contribution in [2.75, 3.05) is 11.5 Å². The Morgan fingerprint density at radius 1 is 0.543 bits per heavy atom. The van der Waals surface area contributed by atoms with Crippen LogP contribution in [0.3, 0.4) is 0 Å². The Labute approximate surface area is 206 Å². The van der Waals surface area contributed by atoms with E-state index in [4.69, 9.17) is 20.9 Å². The number of hydrogen-bond acceptors (Lipinski definition) is 6. The summed E-state index contributed by atoms with van der Waals surface area (Å²) in [4.78, 5) is 0.423. The van der Waals surface area contributed by atoms with Gasteiger partial charge in [0, 0.05) is 11.4 Å². The maximum absolute atomic E-state index is 13.5. The first-order chi connectivity index (χ1) is 16.5. The van der Waals surface area contributed by atoms with E-state index in [0.29, 0.717) is 34.4 Å². The number of hydrogen-bond donors (Lipinski definition) is 2. The zero-order valence-corrected chi connectivity index (χ0v) is 20.9. The van der Waals surface area contributed by atoms with Gasteiger partial charge in [0.05, 0.1) is 9.79 Å². The standard InChI is InChI=1S/C28H28N2O4S/c1-17-13-25(14-18(2)27(17)33-23-9-5-21(29)6-10-23)35(31,32)26-15-19(3)28(20(4)16-26)34-24-11-7-22(30)8-12-24/h5-16H,29-30H2,1-4H3. The molecule has 4 rings (SSSR count). The van der Waals surface area contributed by atoms with Crippen molar-refractivity contribution in [2.24, 2.45) is 0 Å². The normalized spacial score (nSPS) is 11.3. The third kappa shape index (κ3) is 5.10. The summed E-state index contributed by atoms with van der Waals surface area (Å²) in [5.41, 5.74) is 15.6. The van der Waals surface area contributed by atoms with Crippen LogP contribution in [0.4, 0.5) is 11.4 Å². The van der Waals surface area contributed by atoms with Gasteiger partial charge in [-0.1, -0.05) is 0 Å². The van der Waals surface area contributed by atoms with E-state index in [1.165, 1.54) is 0 Å². The van der Waals surface area contributed by atoms with Crippen molar-refractivity contribution in [1.29, 1.82) is 0 Å². The predicted molar refractivity (Wildman–Crippen MR) is 139 cm³/mol. The minimum Gasteiger partial charge on any atom is -0.457 e. The molecule has 0 amide bonds. The maximum Gasteiger partial charge on any atom is 0.206 e. The number of benzene rings is 4. The average Bonchev–Trinajstić information content (AvgIpc) is 2.80. The van der Waals surface area contributed by atoms with Crippen molar-refractivity contribution in [3.63, 3.8) is 0 Å². The van der Waals surface area contributed by atoms with Gasteiger partial charge >= 0.3 is 0 Å². The lowest BCUT2D eigenvalue weighted by Crippen LogP contribution is -2.06. The van der Waals surface area contributed by atoms with Crippen molar-refractivity contribution in [3.8, 4) is 23.0 Å². The van der Waals surface area contributed by atoms with E-state index in [2.05, 4.69) is 0 Å². The van der Waals surface area contributed by atoms with Crippen LogP contribution in [0, 0.1) is 27.7 Å². The number of nitrogen functional groups attached to an aromatic ring is 2. The summed E-state index contributed by atoms with van der Waals surface area (Å²) in [7, 11) is -3.76. The molecule has 0 saturated heterocycles. The summed E-state index contributed by atoms with van der Waals surface area (Å²) in [6, 6.07) is 20.7. The summed E-state index contributed by atoms with van der Waals surface area (Å²) in [6.45, 7) is 7.33. The molecule has 0 aliphatic heterocycles. The molecule has 0 heterocycles. The molecule has 7 heteroatoms. The topological polar surface area (TPSA) is 105 Å². The molecule has 0 saturated carbocycles. The smallest absolute Gasteiger partial charge is 0.206 e. The van der Waals surface area contributed by atoms with E-state index in [1.807, 2.05) is 27.7 Å². The summed E-state index contributed by atoms with van der Waals surface area (Å²) in [5.74, 6) is 2.49. The van der Waals surface area contributed by atoms with Crippen LogP contribution in [0.15, 0.2) is 82.6 Å². The van der Waals surface area contributed by atoms with E-state index in [0.717, 1.165) is 22.3 Å². The summed E-state index contributed by atoms with van der Waals surface area (Å²) < 4.78 is 39.1. The number of nitrogens with two attached hydrogens (primary N) is 2. The minimum absolute atomic E-state index is 0.211. The van der Waals surface area contributed by atoms with Crippen LogP contribution < -0.4 is 20.9 Å². The molecule has 6 nitrogen and oxygen atoms in total. The Morgan fingerprint density at radius 2 is 0.829 bits per heavy atom. The van der Waals surface area contributed by atoms with Crippen molar-refractivity contribution >= 4 is 21.2 Å². The molecule has 4 N–H and O–H groups in total. The van der Waals surface area contributed by atoms with Gasteiger partial charge in [-0.25, -0.2) is 8.42 Å². The number of sulfone groups is 1. The zero-order valence-electron chi connectivity index (χ0n) is 20.1. The monoisotopic (exact) mass is 488 g/mol. The fourth-order valence-electron chi connectivity index (χ4n) is 3.90. The highest BCUT2D eigenvalue weighted by Gasteiger charge is 2.23. The molecular weight excluding hydrogens is 460 g/mol. The minimum atomic E-state index is -3.76. The second kappa shape index (κ2) is 9.35. The van der Waals surface area contributed by atoms with Crippen molar-refractivity contribution in [1.82, 2.24) is 0 Å².